The van der Waals surface area contributed by atoms with Gasteiger partial charge in [-0.25, -0.2) is 0 Å². The molecule has 0 aliphatic carbocycles. The molecule has 0 N–H and O–H groups in total. The minimum absolute atomic E-state index is 0. The SMILES string of the molecule is CCC(S)S.[H-].[Na+]. The Labute approximate surface area is 73.7 Å². The van der Waals surface area contributed by atoms with Crippen molar-refractivity contribution < 1.29 is 31.0 Å². The third kappa shape index (κ3) is 9.20. The van der Waals surface area contributed by atoms with Crippen molar-refractivity contribution in [1.82, 2.24) is 0 Å². The Hall–Kier alpha value is 1.70. The summed E-state index contributed by atoms with van der Waals surface area (Å²) in [5.41, 5.74) is 0. The standard InChI is InChI=1S/C3H8S2.Na.H/c1-2-3(4)5;;/h3-5H,2H2,1H3;;/q;+1;-1. The van der Waals surface area contributed by atoms with Crippen LogP contribution >= 0.6 is 25.3 Å². The van der Waals surface area contributed by atoms with Crippen LogP contribution in [0.15, 0.2) is 0 Å². The van der Waals surface area contributed by atoms with E-state index in [9.17, 15) is 0 Å². The normalized spacial score (nSPS) is 8.00. The molecule has 0 radical (unpaired) electrons. The molecule has 0 aromatic carbocycles. The van der Waals surface area contributed by atoms with E-state index in [1.54, 1.807) is 0 Å². The number of rotatable bonds is 1. The average Bonchev–Trinajstić information content (AvgIpc) is 1.38. The van der Waals surface area contributed by atoms with Crippen LogP contribution in [0.1, 0.15) is 14.8 Å². The molecule has 0 nitrogen and oxygen atoms in total. The second kappa shape index (κ2) is 6.70. The van der Waals surface area contributed by atoms with Crippen molar-refractivity contribution in [3.63, 3.8) is 0 Å². The van der Waals surface area contributed by atoms with Crippen molar-refractivity contribution in [3.05, 3.63) is 0 Å². The van der Waals surface area contributed by atoms with Crippen LogP contribution in [0.3, 0.4) is 0 Å². The Morgan fingerprint density at radius 2 is 1.83 bits per heavy atom. The second-order valence-corrected chi connectivity index (χ2v) is 2.54. The summed E-state index contributed by atoms with van der Waals surface area (Å²) in [5, 5.41) is 0. The first-order chi connectivity index (χ1) is 2.27. The first kappa shape index (κ1) is 10.6. The van der Waals surface area contributed by atoms with Crippen molar-refractivity contribution in [2.75, 3.05) is 0 Å². The van der Waals surface area contributed by atoms with Gasteiger partial charge in [0.2, 0.25) is 0 Å². The molecule has 0 bridgehead atoms. The fourth-order valence-corrected chi connectivity index (χ4v) is 0. The zero-order valence-corrected chi connectivity index (χ0v) is 7.97. The molecule has 0 aliphatic heterocycles. The predicted octanol–water partition coefficient (Wildman–Crippen LogP) is -1.30. The van der Waals surface area contributed by atoms with Crippen LogP contribution in [0.5, 0.6) is 0 Å². The molecule has 0 heterocycles. The van der Waals surface area contributed by atoms with E-state index in [4.69, 9.17) is 0 Å². The Balaban J connectivity index is -0.0000000800. The van der Waals surface area contributed by atoms with Crippen LogP contribution in [-0.4, -0.2) is 4.58 Å². The third-order valence-corrected chi connectivity index (χ3v) is 1.10. The fraction of sp³-hybridized carbons (Fsp3) is 1.00. The van der Waals surface area contributed by atoms with Gasteiger partial charge in [0.25, 0.3) is 0 Å². The van der Waals surface area contributed by atoms with E-state index in [2.05, 4.69) is 25.3 Å². The molecule has 34 valence electrons. The van der Waals surface area contributed by atoms with Gasteiger partial charge in [-0.3, -0.25) is 0 Å². The van der Waals surface area contributed by atoms with E-state index in [-0.39, 0.29) is 35.6 Å². The van der Waals surface area contributed by atoms with Gasteiger partial charge in [-0.2, -0.15) is 25.3 Å². The monoisotopic (exact) mass is 132 g/mol. The van der Waals surface area contributed by atoms with E-state index >= 15 is 0 Å². The molecular formula is C3H9NaS2. The van der Waals surface area contributed by atoms with Crippen LogP contribution in [0, 0.1) is 0 Å². The Kier molecular flexibility index (Phi) is 11.9. The van der Waals surface area contributed by atoms with Crippen LogP contribution in [0.4, 0.5) is 0 Å². The summed E-state index contributed by atoms with van der Waals surface area (Å²) in [6.07, 6.45) is 1.03. The summed E-state index contributed by atoms with van der Waals surface area (Å²) in [6, 6.07) is 0. The quantitative estimate of drug-likeness (QED) is 0.247. The summed E-state index contributed by atoms with van der Waals surface area (Å²) in [5.74, 6) is 0. The number of hydrogen-bond donors (Lipinski definition) is 2. The maximum Gasteiger partial charge on any atom is 1.00 e. The minimum atomic E-state index is 0. The van der Waals surface area contributed by atoms with E-state index < -0.39 is 0 Å². The average molecular weight is 132 g/mol. The largest absolute Gasteiger partial charge is 1.00 e. The predicted molar refractivity (Wildman–Crippen MR) is 33.2 cm³/mol. The second-order valence-electron chi connectivity index (χ2n) is 0.889. The Bertz CT molecular complexity index is 26.9. The van der Waals surface area contributed by atoms with Gasteiger partial charge in [0, 0.05) is 4.58 Å². The van der Waals surface area contributed by atoms with E-state index in [1.807, 2.05) is 6.92 Å². The van der Waals surface area contributed by atoms with Gasteiger partial charge in [0.05, 0.1) is 0 Å². The molecule has 3 heteroatoms. The summed E-state index contributed by atoms with van der Waals surface area (Å²) in [6.45, 7) is 2.05. The first-order valence-electron chi connectivity index (χ1n) is 1.63. The summed E-state index contributed by atoms with van der Waals surface area (Å²) < 4.78 is 0.273. The van der Waals surface area contributed by atoms with Crippen LogP contribution < -0.4 is 29.6 Å². The molecule has 0 rings (SSSR count). The third-order valence-electron chi connectivity index (χ3n) is 0.365. The van der Waals surface area contributed by atoms with Gasteiger partial charge in [-0.15, -0.1) is 0 Å². The van der Waals surface area contributed by atoms with Crippen molar-refractivity contribution in [1.29, 1.82) is 0 Å². The zero-order chi connectivity index (χ0) is 4.28. The van der Waals surface area contributed by atoms with Gasteiger partial charge >= 0.3 is 29.6 Å². The molecule has 6 heavy (non-hydrogen) atoms. The van der Waals surface area contributed by atoms with E-state index in [0.717, 1.165) is 6.42 Å². The maximum absolute atomic E-state index is 3.96. The maximum atomic E-state index is 3.96. The van der Waals surface area contributed by atoms with E-state index in [0.29, 0.717) is 0 Å². The molecule has 0 aliphatic rings. The molecular weight excluding hydrogens is 123 g/mol. The molecule has 0 fully saturated rings. The minimum Gasteiger partial charge on any atom is -1.00 e. The van der Waals surface area contributed by atoms with Gasteiger partial charge in [0.15, 0.2) is 0 Å². The Morgan fingerprint density at radius 1 is 1.67 bits per heavy atom. The first-order valence-corrected chi connectivity index (χ1v) is 2.66. The van der Waals surface area contributed by atoms with Crippen molar-refractivity contribution in [2.45, 2.75) is 17.9 Å². The summed E-state index contributed by atoms with van der Waals surface area (Å²) in [4.78, 5) is 0. The van der Waals surface area contributed by atoms with Gasteiger partial charge in [0.1, 0.15) is 0 Å². The Morgan fingerprint density at radius 3 is 1.83 bits per heavy atom. The molecule has 0 unspecified atom stereocenters. The van der Waals surface area contributed by atoms with Crippen molar-refractivity contribution in [3.8, 4) is 0 Å². The summed E-state index contributed by atoms with van der Waals surface area (Å²) >= 11 is 7.92. The summed E-state index contributed by atoms with van der Waals surface area (Å²) in [7, 11) is 0. The molecule has 0 saturated heterocycles. The fourth-order valence-electron chi connectivity index (χ4n) is 0. The zero-order valence-electron chi connectivity index (χ0n) is 5.18. The molecule has 0 spiro atoms. The van der Waals surface area contributed by atoms with Crippen LogP contribution in [0.25, 0.3) is 0 Å². The van der Waals surface area contributed by atoms with Crippen molar-refractivity contribution >= 4 is 25.3 Å². The number of hydrogen-bond acceptors (Lipinski definition) is 2. The molecule has 0 aromatic heterocycles. The van der Waals surface area contributed by atoms with Crippen LogP contribution in [0.2, 0.25) is 0 Å². The molecule has 0 aromatic rings. The molecule has 0 atom stereocenters. The van der Waals surface area contributed by atoms with Gasteiger partial charge in [-0.05, 0) is 6.42 Å². The topological polar surface area (TPSA) is 0 Å². The van der Waals surface area contributed by atoms with Crippen LogP contribution in [-0.2, 0) is 0 Å². The smallest absolute Gasteiger partial charge is 1.00 e. The molecule has 0 amide bonds. The van der Waals surface area contributed by atoms with Crippen molar-refractivity contribution in [2.24, 2.45) is 0 Å². The van der Waals surface area contributed by atoms with E-state index in [1.165, 1.54) is 0 Å². The molecule has 0 saturated carbocycles. The van der Waals surface area contributed by atoms with Gasteiger partial charge < -0.3 is 1.43 Å². The van der Waals surface area contributed by atoms with Gasteiger partial charge in [-0.1, -0.05) is 6.92 Å². The number of thiol groups is 2.